The molecule has 3 heterocycles. The molecular weight excluding hydrogens is 294 g/mol. The van der Waals surface area contributed by atoms with E-state index in [1.807, 2.05) is 23.2 Å². The number of alkyl halides is 1. The summed E-state index contributed by atoms with van der Waals surface area (Å²) in [6.45, 7) is 5.65. The number of aromatic nitrogens is 5. The van der Waals surface area contributed by atoms with Crippen LogP contribution in [0.4, 0.5) is 0 Å². The van der Waals surface area contributed by atoms with Gasteiger partial charge in [-0.2, -0.15) is 5.10 Å². The number of hydrogen-bond acceptors (Lipinski definition) is 4. The number of halogens is 1. The molecule has 0 bridgehead atoms. The Morgan fingerprint density at radius 3 is 2.90 bits per heavy atom. The van der Waals surface area contributed by atoms with Crippen LogP contribution in [-0.2, 0) is 19.5 Å². The van der Waals surface area contributed by atoms with Crippen molar-refractivity contribution in [1.29, 1.82) is 0 Å². The van der Waals surface area contributed by atoms with Gasteiger partial charge in [-0.1, -0.05) is 0 Å². The second-order valence-electron chi connectivity index (χ2n) is 4.55. The lowest BCUT2D eigenvalue weighted by Crippen LogP contribution is -2.10. The molecule has 0 unspecified atom stereocenters. The van der Waals surface area contributed by atoms with Crippen molar-refractivity contribution in [3.05, 3.63) is 28.1 Å². The fourth-order valence-corrected chi connectivity index (χ4v) is 3.17. The Balaban J connectivity index is 2.16. The molecule has 0 aromatic carbocycles. The number of fused-ring (bicyclic) bond motifs is 1. The van der Waals surface area contributed by atoms with Gasteiger partial charge in [-0.05, 0) is 13.8 Å². The number of aryl methyl sites for hydroxylation is 3. The van der Waals surface area contributed by atoms with Crippen molar-refractivity contribution in [3.63, 3.8) is 0 Å². The molecule has 0 saturated carbocycles. The van der Waals surface area contributed by atoms with Gasteiger partial charge in [0.05, 0.1) is 12.2 Å². The minimum absolute atomic E-state index is 0.566. The molecule has 0 aliphatic rings. The van der Waals surface area contributed by atoms with Gasteiger partial charge in [0.15, 0.2) is 5.65 Å². The maximum atomic E-state index is 5.91. The first-order chi connectivity index (χ1) is 9.74. The van der Waals surface area contributed by atoms with Crippen LogP contribution in [0.25, 0.3) is 11.2 Å². The third-order valence-electron chi connectivity index (χ3n) is 3.27. The molecule has 0 radical (unpaired) electrons. The average Bonchev–Trinajstić information content (AvgIpc) is 3.12. The first-order valence-electron chi connectivity index (χ1n) is 6.61. The van der Waals surface area contributed by atoms with E-state index < -0.39 is 0 Å². The van der Waals surface area contributed by atoms with Gasteiger partial charge in [0, 0.05) is 30.4 Å². The van der Waals surface area contributed by atoms with Crippen molar-refractivity contribution in [2.75, 3.05) is 5.88 Å². The molecule has 3 rings (SSSR count). The van der Waals surface area contributed by atoms with Gasteiger partial charge in [-0.15, -0.1) is 22.9 Å². The lowest BCUT2D eigenvalue weighted by Gasteiger charge is -2.08. The van der Waals surface area contributed by atoms with E-state index in [0.29, 0.717) is 5.88 Å². The molecule has 20 heavy (non-hydrogen) atoms. The topological polar surface area (TPSA) is 48.5 Å². The van der Waals surface area contributed by atoms with Gasteiger partial charge < -0.3 is 4.57 Å². The van der Waals surface area contributed by atoms with Crippen molar-refractivity contribution in [2.45, 2.75) is 33.4 Å². The molecular formula is C13H16ClN5S. The van der Waals surface area contributed by atoms with E-state index in [1.165, 1.54) is 0 Å². The maximum absolute atomic E-state index is 5.91. The molecule has 0 N–H and O–H groups in total. The SMILES string of the molecule is CCn1nc(C)c2nc(CCCl)n(Cc3nccs3)c21. The number of hydrogen-bond donors (Lipinski definition) is 0. The highest BCUT2D eigenvalue weighted by Crippen LogP contribution is 2.22. The molecule has 0 aliphatic heterocycles. The highest BCUT2D eigenvalue weighted by atomic mass is 35.5. The Labute approximate surface area is 126 Å². The fourth-order valence-electron chi connectivity index (χ4n) is 2.40. The summed E-state index contributed by atoms with van der Waals surface area (Å²) in [5, 5.41) is 7.61. The monoisotopic (exact) mass is 309 g/mol. The van der Waals surface area contributed by atoms with E-state index in [2.05, 4.69) is 21.6 Å². The van der Waals surface area contributed by atoms with Crippen LogP contribution in [0.1, 0.15) is 23.4 Å². The largest absolute Gasteiger partial charge is 0.306 e. The van der Waals surface area contributed by atoms with Crippen LogP contribution in [0.15, 0.2) is 11.6 Å². The minimum Gasteiger partial charge on any atom is -0.306 e. The zero-order chi connectivity index (χ0) is 14.1. The summed E-state index contributed by atoms with van der Waals surface area (Å²) in [6, 6.07) is 0. The number of imidazole rings is 1. The molecule has 5 nitrogen and oxygen atoms in total. The number of nitrogens with zero attached hydrogens (tertiary/aromatic N) is 5. The molecule has 3 aromatic heterocycles. The first kappa shape index (κ1) is 13.6. The highest BCUT2D eigenvalue weighted by Gasteiger charge is 2.18. The molecule has 7 heteroatoms. The zero-order valence-electron chi connectivity index (χ0n) is 11.5. The van der Waals surface area contributed by atoms with Crippen LogP contribution in [0.3, 0.4) is 0 Å². The van der Waals surface area contributed by atoms with E-state index in [1.54, 1.807) is 11.3 Å². The van der Waals surface area contributed by atoms with E-state index in [4.69, 9.17) is 16.6 Å². The Kier molecular flexibility index (Phi) is 3.76. The van der Waals surface area contributed by atoms with Crippen molar-refractivity contribution in [3.8, 4) is 0 Å². The summed E-state index contributed by atoms with van der Waals surface area (Å²) in [6.07, 6.45) is 2.59. The summed E-state index contributed by atoms with van der Waals surface area (Å²) in [5.41, 5.74) is 3.01. The van der Waals surface area contributed by atoms with E-state index in [-0.39, 0.29) is 0 Å². The van der Waals surface area contributed by atoms with Gasteiger partial charge in [0.25, 0.3) is 0 Å². The van der Waals surface area contributed by atoms with Gasteiger partial charge in [0.1, 0.15) is 16.3 Å². The van der Waals surface area contributed by atoms with Crippen LogP contribution in [0.5, 0.6) is 0 Å². The fraction of sp³-hybridized carbons (Fsp3) is 0.462. The summed E-state index contributed by atoms with van der Waals surface area (Å²) in [5.74, 6) is 1.57. The van der Waals surface area contributed by atoms with Gasteiger partial charge in [-0.3, -0.25) is 0 Å². The quantitative estimate of drug-likeness (QED) is 0.681. The number of rotatable bonds is 5. The summed E-state index contributed by atoms with van der Waals surface area (Å²) >= 11 is 7.56. The smallest absolute Gasteiger partial charge is 0.159 e. The molecule has 0 aliphatic carbocycles. The Bertz CT molecular complexity index is 713. The van der Waals surface area contributed by atoms with Gasteiger partial charge in [-0.25, -0.2) is 14.6 Å². The van der Waals surface area contributed by atoms with Crippen LogP contribution in [-0.4, -0.2) is 30.2 Å². The zero-order valence-corrected chi connectivity index (χ0v) is 13.1. The standard InChI is InChI=1S/C13H16ClN5S/c1-3-19-13-12(9(2)17-19)16-10(4-5-14)18(13)8-11-15-6-7-20-11/h6-7H,3-5,8H2,1-2H3. The number of thiazole rings is 1. The highest BCUT2D eigenvalue weighted by molar-refractivity contribution is 7.09. The normalized spacial score (nSPS) is 11.6. The molecule has 0 amide bonds. The van der Waals surface area contributed by atoms with Crippen LogP contribution in [0.2, 0.25) is 0 Å². The Morgan fingerprint density at radius 1 is 1.40 bits per heavy atom. The lowest BCUT2D eigenvalue weighted by atomic mass is 10.4. The van der Waals surface area contributed by atoms with Crippen LogP contribution < -0.4 is 0 Å². The second kappa shape index (κ2) is 5.54. The molecule has 0 spiro atoms. The van der Waals surface area contributed by atoms with Crippen molar-refractivity contribution >= 4 is 34.1 Å². The molecule has 106 valence electrons. The second-order valence-corrected chi connectivity index (χ2v) is 5.91. The molecule has 3 aromatic rings. The molecule has 0 saturated heterocycles. The average molecular weight is 310 g/mol. The van der Waals surface area contributed by atoms with Gasteiger partial charge >= 0.3 is 0 Å². The molecule has 0 atom stereocenters. The Morgan fingerprint density at radius 2 is 2.25 bits per heavy atom. The lowest BCUT2D eigenvalue weighted by molar-refractivity contribution is 0.634. The van der Waals surface area contributed by atoms with E-state index >= 15 is 0 Å². The van der Waals surface area contributed by atoms with Gasteiger partial charge in [0.2, 0.25) is 0 Å². The van der Waals surface area contributed by atoms with E-state index in [0.717, 1.165) is 47.2 Å². The Hall–Kier alpha value is -1.40. The third kappa shape index (κ3) is 2.23. The first-order valence-corrected chi connectivity index (χ1v) is 8.02. The van der Waals surface area contributed by atoms with Crippen LogP contribution in [0, 0.1) is 6.92 Å². The van der Waals surface area contributed by atoms with Crippen molar-refractivity contribution in [2.24, 2.45) is 0 Å². The summed E-state index contributed by atoms with van der Waals surface area (Å²) in [4.78, 5) is 9.09. The van der Waals surface area contributed by atoms with Crippen LogP contribution >= 0.6 is 22.9 Å². The summed E-state index contributed by atoms with van der Waals surface area (Å²) in [7, 11) is 0. The minimum atomic E-state index is 0.566. The third-order valence-corrected chi connectivity index (χ3v) is 4.23. The maximum Gasteiger partial charge on any atom is 0.159 e. The molecule has 0 fully saturated rings. The predicted molar refractivity (Wildman–Crippen MR) is 81.6 cm³/mol. The summed E-state index contributed by atoms with van der Waals surface area (Å²) < 4.78 is 4.20. The predicted octanol–water partition coefficient (Wildman–Crippen LogP) is 2.85. The van der Waals surface area contributed by atoms with E-state index in [9.17, 15) is 0 Å². The van der Waals surface area contributed by atoms with Crippen molar-refractivity contribution in [1.82, 2.24) is 24.3 Å². The van der Waals surface area contributed by atoms with Crippen molar-refractivity contribution < 1.29 is 0 Å².